The second kappa shape index (κ2) is 11.4. The molecule has 0 unspecified atom stereocenters. The van der Waals surface area contributed by atoms with Crippen molar-refractivity contribution in [3.8, 4) is 17.1 Å². The van der Waals surface area contributed by atoms with Gasteiger partial charge in [0.2, 0.25) is 11.8 Å². The number of fused-ring (bicyclic) bond motifs is 1. The highest BCUT2D eigenvalue weighted by Gasteiger charge is 2.41. The van der Waals surface area contributed by atoms with Crippen LogP contribution in [0.1, 0.15) is 43.4 Å². The topological polar surface area (TPSA) is 73.1 Å². The van der Waals surface area contributed by atoms with Crippen LogP contribution < -0.4 is 9.64 Å². The van der Waals surface area contributed by atoms with E-state index < -0.39 is 5.54 Å². The molecule has 1 aliphatic rings. The number of ether oxygens (including phenoxy) is 1. The monoisotopic (exact) mass is 579 g/mol. The van der Waals surface area contributed by atoms with Crippen molar-refractivity contribution in [3.63, 3.8) is 0 Å². The molecule has 0 radical (unpaired) electrons. The molecular formula is C37H33N5O2. The number of nitrogens with zero attached hydrogens (tertiary/aromatic N) is 5. The Hall–Kier alpha value is -5.30. The second-order valence-electron chi connectivity index (χ2n) is 11.3. The third-order valence-electron chi connectivity index (χ3n) is 8.16. The average molecular weight is 580 g/mol. The van der Waals surface area contributed by atoms with E-state index in [1.165, 1.54) is 0 Å². The summed E-state index contributed by atoms with van der Waals surface area (Å²) < 4.78 is 8.17. The minimum Gasteiger partial charge on any atom is -0.475 e. The molecule has 0 saturated carbocycles. The predicted octanol–water partition coefficient (Wildman–Crippen LogP) is 7.25. The smallest absolute Gasteiger partial charge is 0.228 e. The van der Waals surface area contributed by atoms with Gasteiger partial charge in [-0.25, -0.2) is 14.6 Å². The van der Waals surface area contributed by atoms with Gasteiger partial charge in [0, 0.05) is 36.2 Å². The Kier molecular flexibility index (Phi) is 7.14. The Labute approximate surface area is 256 Å². The molecule has 7 heteroatoms. The summed E-state index contributed by atoms with van der Waals surface area (Å²) in [4.78, 5) is 23.7. The summed E-state index contributed by atoms with van der Waals surface area (Å²) in [5.74, 6) is 1.26. The summed E-state index contributed by atoms with van der Waals surface area (Å²) in [5.41, 5.74) is 4.84. The molecule has 0 spiro atoms. The highest BCUT2D eigenvalue weighted by molar-refractivity contribution is 5.97. The summed E-state index contributed by atoms with van der Waals surface area (Å²) in [6.45, 7) is 4.65. The summed E-state index contributed by atoms with van der Waals surface area (Å²) in [5, 5.41) is 6.35. The standard InChI is InChI=1S/C37H33N5O2/c1-26(2)44-34-24-31-32(25-39-34)42(40-36(31)27-20-21-38-33(23-27)41-22-12-19-35(41)43)37(28-13-6-3-7-14-28,29-15-8-4-9-16-29)30-17-10-5-11-18-30/h3-11,13-18,20-21,23-26H,12,19,22H2,1-2H3. The molecule has 0 bridgehead atoms. The van der Waals surface area contributed by atoms with E-state index in [1.54, 1.807) is 11.1 Å². The zero-order valence-electron chi connectivity index (χ0n) is 24.8. The maximum absolute atomic E-state index is 12.6. The number of carbonyl (C=O) groups excluding carboxylic acids is 1. The molecule has 44 heavy (non-hydrogen) atoms. The van der Waals surface area contributed by atoms with Crippen LogP contribution in [0.2, 0.25) is 0 Å². The third kappa shape index (κ3) is 4.71. The highest BCUT2D eigenvalue weighted by atomic mass is 16.5. The van der Waals surface area contributed by atoms with Crippen LogP contribution in [0.15, 0.2) is 122 Å². The van der Waals surface area contributed by atoms with E-state index in [-0.39, 0.29) is 12.0 Å². The fraction of sp³-hybridized carbons (Fsp3) is 0.189. The fourth-order valence-electron chi connectivity index (χ4n) is 6.28. The molecule has 7 nitrogen and oxygen atoms in total. The Morgan fingerprint density at radius 3 is 1.95 bits per heavy atom. The number of amides is 1. The number of pyridine rings is 2. The van der Waals surface area contributed by atoms with E-state index in [9.17, 15) is 4.79 Å². The average Bonchev–Trinajstić information content (AvgIpc) is 3.66. The minimum absolute atomic E-state index is 0.0378. The Morgan fingerprint density at radius 1 is 0.795 bits per heavy atom. The van der Waals surface area contributed by atoms with Gasteiger partial charge in [-0.05, 0) is 49.1 Å². The Morgan fingerprint density at radius 2 is 1.41 bits per heavy atom. The van der Waals surface area contributed by atoms with Gasteiger partial charge in [0.15, 0.2) is 0 Å². The lowest BCUT2D eigenvalue weighted by Crippen LogP contribution is -2.38. The summed E-state index contributed by atoms with van der Waals surface area (Å²) >= 11 is 0. The molecule has 0 N–H and O–H groups in total. The van der Waals surface area contributed by atoms with Crippen LogP contribution >= 0.6 is 0 Å². The SMILES string of the molecule is CC(C)Oc1cc2c(-c3ccnc(N4CCCC4=O)c3)nn(C(c3ccccc3)(c3ccccc3)c3ccccc3)c2cn1. The quantitative estimate of drug-likeness (QED) is 0.178. The largest absolute Gasteiger partial charge is 0.475 e. The number of aromatic nitrogens is 4. The molecule has 4 heterocycles. The van der Waals surface area contributed by atoms with Gasteiger partial charge in [0.1, 0.15) is 17.1 Å². The van der Waals surface area contributed by atoms with Crippen LogP contribution in [-0.4, -0.2) is 38.3 Å². The lowest BCUT2D eigenvalue weighted by atomic mass is 9.77. The normalized spacial score (nSPS) is 13.6. The van der Waals surface area contributed by atoms with E-state index in [4.69, 9.17) is 14.8 Å². The van der Waals surface area contributed by atoms with E-state index in [1.807, 2.05) is 56.4 Å². The zero-order chi connectivity index (χ0) is 30.1. The van der Waals surface area contributed by atoms with Crippen molar-refractivity contribution < 1.29 is 9.53 Å². The molecule has 0 atom stereocenters. The van der Waals surface area contributed by atoms with Crippen molar-refractivity contribution >= 4 is 22.6 Å². The first kappa shape index (κ1) is 27.5. The van der Waals surface area contributed by atoms with Crippen molar-refractivity contribution in [2.45, 2.75) is 38.3 Å². The summed E-state index contributed by atoms with van der Waals surface area (Å²) in [7, 11) is 0. The van der Waals surface area contributed by atoms with Gasteiger partial charge in [-0.3, -0.25) is 9.69 Å². The summed E-state index contributed by atoms with van der Waals surface area (Å²) in [6, 6.07) is 37.3. The van der Waals surface area contributed by atoms with Gasteiger partial charge >= 0.3 is 0 Å². The molecule has 1 aliphatic heterocycles. The van der Waals surface area contributed by atoms with Gasteiger partial charge in [-0.15, -0.1) is 0 Å². The van der Waals surface area contributed by atoms with Crippen LogP contribution in [-0.2, 0) is 10.3 Å². The number of hydrogen-bond donors (Lipinski definition) is 0. The lowest BCUT2D eigenvalue weighted by molar-refractivity contribution is -0.117. The first-order valence-corrected chi connectivity index (χ1v) is 15.0. The minimum atomic E-state index is -0.830. The van der Waals surface area contributed by atoms with E-state index >= 15 is 0 Å². The number of anilines is 1. The first-order valence-electron chi connectivity index (χ1n) is 15.0. The van der Waals surface area contributed by atoms with Gasteiger partial charge < -0.3 is 4.74 Å². The fourth-order valence-corrected chi connectivity index (χ4v) is 6.28. The molecule has 3 aromatic carbocycles. The van der Waals surface area contributed by atoms with Crippen LogP contribution in [0, 0.1) is 0 Å². The molecule has 6 aromatic rings. The van der Waals surface area contributed by atoms with Crippen molar-refractivity contribution in [2.75, 3.05) is 11.4 Å². The van der Waals surface area contributed by atoms with Gasteiger partial charge in [-0.1, -0.05) is 91.0 Å². The zero-order valence-corrected chi connectivity index (χ0v) is 24.8. The van der Waals surface area contributed by atoms with Gasteiger partial charge in [0.25, 0.3) is 0 Å². The van der Waals surface area contributed by atoms with Crippen LogP contribution in [0.3, 0.4) is 0 Å². The molecular weight excluding hydrogens is 546 g/mol. The predicted molar refractivity (Wildman–Crippen MR) is 173 cm³/mol. The highest BCUT2D eigenvalue weighted by Crippen LogP contribution is 2.44. The maximum atomic E-state index is 12.6. The van der Waals surface area contributed by atoms with Crippen LogP contribution in [0.5, 0.6) is 5.88 Å². The third-order valence-corrected chi connectivity index (χ3v) is 8.16. The summed E-state index contributed by atoms with van der Waals surface area (Å²) in [6.07, 6.45) is 4.95. The Balaban J connectivity index is 1.56. The molecule has 0 aliphatic carbocycles. The number of benzene rings is 3. The van der Waals surface area contributed by atoms with Crippen molar-refractivity contribution in [2.24, 2.45) is 0 Å². The maximum Gasteiger partial charge on any atom is 0.228 e. The van der Waals surface area contributed by atoms with Gasteiger partial charge in [-0.2, -0.15) is 5.10 Å². The van der Waals surface area contributed by atoms with Crippen molar-refractivity contribution in [1.29, 1.82) is 0 Å². The second-order valence-corrected chi connectivity index (χ2v) is 11.3. The lowest BCUT2D eigenvalue weighted by Gasteiger charge is -2.37. The molecule has 1 saturated heterocycles. The van der Waals surface area contributed by atoms with Gasteiger partial charge in [0.05, 0.1) is 17.8 Å². The van der Waals surface area contributed by atoms with E-state index in [0.717, 1.165) is 45.3 Å². The van der Waals surface area contributed by atoms with E-state index in [0.29, 0.717) is 24.7 Å². The molecule has 7 rings (SSSR count). The molecule has 218 valence electrons. The van der Waals surface area contributed by atoms with Crippen molar-refractivity contribution in [1.82, 2.24) is 19.7 Å². The Bertz CT molecular complexity index is 1820. The number of rotatable bonds is 8. The number of carbonyl (C=O) groups is 1. The van der Waals surface area contributed by atoms with Crippen LogP contribution in [0.25, 0.3) is 22.2 Å². The van der Waals surface area contributed by atoms with Crippen LogP contribution in [0.4, 0.5) is 5.82 Å². The molecule has 1 amide bonds. The molecule has 3 aromatic heterocycles. The molecule has 1 fully saturated rings. The number of hydrogen-bond acceptors (Lipinski definition) is 5. The van der Waals surface area contributed by atoms with Crippen molar-refractivity contribution in [3.05, 3.63) is 138 Å². The van der Waals surface area contributed by atoms with E-state index in [2.05, 4.69) is 82.5 Å². The first-order chi connectivity index (χ1) is 21.6.